The van der Waals surface area contributed by atoms with Crippen LogP contribution >= 0.6 is 0 Å². The van der Waals surface area contributed by atoms with Crippen molar-refractivity contribution in [1.82, 2.24) is 4.31 Å². The zero-order valence-electron chi connectivity index (χ0n) is 20.5. The Balaban J connectivity index is 1.77. The van der Waals surface area contributed by atoms with Crippen LogP contribution in [0.4, 0.5) is 0 Å². The van der Waals surface area contributed by atoms with E-state index in [9.17, 15) is 8.42 Å². The number of aryl methyl sites for hydroxylation is 1. The summed E-state index contributed by atoms with van der Waals surface area (Å²) in [7, 11) is -3.85. The first-order valence-electron chi connectivity index (χ1n) is 12.1. The molecule has 0 bridgehead atoms. The number of benzene rings is 4. The molecule has 1 aliphatic heterocycles. The highest BCUT2D eigenvalue weighted by Gasteiger charge is 2.37. The summed E-state index contributed by atoms with van der Waals surface area (Å²) in [6.45, 7) is 4.34. The maximum atomic E-state index is 14.3. The van der Waals surface area contributed by atoms with Crippen molar-refractivity contribution in [3.8, 4) is 0 Å². The van der Waals surface area contributed by atoms with Crippen LogP contribution in [0.15, 0.2) is 132 Å². The Hall–Kier alpha value is -3.89. The molecule has 0 saturated heterocycles. The first-order chi connectivity index (χ1) is 17.4. The topological polar surface area (TPSA) is 37.4 Å². The third kappa shape index (κ3) is 4.65. The van der Waals surface area contributed by atoms with Crippen LogP contribution in [-0.2, 0) is 15.4 Å². The van der Waals surface area contributed by atoms with Gasteiger partial charge in [-0.25, -0.2) is 8.42 Å². The zero-order chi connectivity index (χ0) is 25.2. The lowest BCUT2D eigenvalue weighted by atomic mass is 9.80. The molecule has 0 saturated carbocycles. The van der Waals surface area contributed by atoms with Crippen LogP contribution in [0.25, 0.3) is 11.3 Å². The fourth-order valence-electron chi connectivity index (χ4n) is 4.71. The fraction of sp³-hybridized carbons (Fsp3) is 0.125. The predicted octanol–water partition coefficient (Wildman–Crippen LogP) is 7.08. The minimum atomic E-state index is -3.85. The van der Waals surface area contributed by atoms with E-state index in [1.165, 1.54) is 0 Å². The standard InChI is InChI=1S/C32H29NO2S/c1-25-18-20-30(21-19-25)36(34,35)33-24-32(2,29-16-10-5-11-17-29)23-28(26-12-6-3-7-13-26)22-31(33)27-14-8-4-9-15-27/h3-23H,24H2,1-2H3/t32-/m0/s1. The number of hydrogen-bond donors (Lipinski definition) is 0. The second kappa shape index (κ2) is 9.63. The van der Waals surface area contributed by atoms with Crippen molar-refractivity contribution in [2.45, 2.75) is 24.2 Å². The minimum Gasteiger partial charge on any atom is -0.265 e. The van der Waals surface area contributed by atoms with Crippen LogP contribution in [0.5, 0.6) is 0 Å². The molecular weight excluding hydrogens is 462 g/mol. The van der Waals surface area contributed by atoms with E-state index in [1.54, 1.807) is 16.4 Å². The van der Waals surface area contributed by atoms with Gasteiger partial charge in [0.15, 0.2) is 0 Å². The Kier molecular flexibility index (Phi) is 6.38. The van der Waals surface area contributed by atoms with Crippen LogP contribution in [-0.4, -0.2) is 19.3 Å². The molecule has 1 aliphatic rings. The van der Waals surface area contributed by atoms with Gasteiger partial charge in [0.25, 0.3) is 10.0 Å². The molecule has 0 radical (unpaired) electrons. The molecule has 4 aromatic rings. The Morgan fingerprint density at radius 1 is 0.694 bits per heavy atom. The third-order valence-electron chi connectivity index (χ3n) is 6.73. The maximum absolute atomic E-state index is 14.3. The van der Waals surface area contributed by atoms with Crippen molar-refractivity contribution in [1.29, 1.82) is 0 Å². The largest absolute Gasteiger partial charge is 0.265 e. The molecule has 0 amide bonds. The summed E-state index contributed by atoms with van der Waals surface area (Å²) in [5.41, 5.74) is 5.05. The van der Waals surface area contributed by atoms with Crippen LogP contribution in [0.2, 0.25) is 0 Å². The van der Waals surface area contributed by atoms with E-state index in [-0.39, 0.29) is 11.4 Å². The molecule has 0 spiro atoms. The predicted molar refractivity (Wildman–Crippen MR) is 148 cm³/mol. The molecule has 4 heteroatoms. The molecule has 5 rings (SSSR count). The first kappa shape index (κ1) is 23.8. The normalized spacial score (nSPS) is 18.2. The zero-order valence-corrected chi connectivity index (χ0v) is 21.3. The van der Waals surface area contributed by atoms with Gasteiger partial charge in [0.1, 0.15) is 0 Å². The van der Waals surface area contributed by atoms with Gasteiger partial charge in [-0.05, 0) is 47.4 Å². The quantitative estimate of drug-likeness (QED) is 0.299. The molecule has 0 fully saturated rings. The van der Waals surface area contributed by atoms with Gasteiger partial charge in [-0.2, -0.15) is 0 Å². The van der Waals surface area contributed by atoms with Crippen LogP contribution in [0.3, 0.4) is 0 Å². The van der Waals surface area contributed by atoms with Gasteiger partial charge in [-0.3, -0.25) is 4.31 Å². The Labute approximate surface area is 214 Å². The van der Waals surface area contributed by atoms with Gasteiger partial charge in [0.05, 0.1) is 10.6 Å². The average molecular weight is 492 g/mol. The van der Waals surface area contributed by atoms with Crippen molar-refractivity contribution in [2.24, 2.45) is 0 Å². The van der Waals surface area contributed by atoms with Gasteiger partial charge in [-0.15, -0.1) is 0 Å². The Morgan fingerprint density at radius 2 is 1.22 bits per heavy atom. The Bertz CT molecular complexity index is 1510. The summed E-state index contributed by atoms with van der Waals surface area (Å²) < 4.78 is 30.1. The molecule has 1 heterocycles. The number of sulfonamides is 1. The average Bonchev–Trinajstić information content (AvgIpc) is 3.08. The van der Waals surface area contributed by atoms with Gasteiger partial charge < -0.3 is 0 Å². The lowest BCUT2D eigenvalue weighted by molar-refractivity contribution is 0.439. The van der Waals surface area contributed by atoms with Gasteiger partial charge in [0, 0.05) is 12.0 Å². The first-order valence-corrected chi connectivity index (χ1v) is 13.5. The highest BCUT2D eigenvalue weighted by atomic mass is 32.2. The molecule has 1 atom stereocenters. The number of nitrogens with zero attached hydrogens (tertiary/aromatic N) is 1. The molecule has 0 N–H and O–H groups in total. The van der Waals surface area contributed by atoms with Crippen molar-refractivity contribution in [3.63, 3.8) is 0 Å². The molecule has 0 aromatic heterocycles. The molecule has 4 aromatic carbocycles. The highest BCUT2D eigenvalue weighted by Crippen LogP contribution is 2.40. The lowest BCUT2D eigenvalue weighted by Crippen LogP contribution is -2.39. The van der Waals surface area contributed by atoms with E-state index >= 15 is 0 Å². The van der Waals surface area contributed by atoms with Crippen LogP contribution < -0.4 is 0 Å². The van der Waals surface area contributed by atoms with Crippen molar-refractivity contribution in [2.75, 3.05) is 6.54 Å². The minimum absolute atomic E-state index is 0.268. The van der Waals surface area contributed by atoms with Gasteiger partial charge in [-0.1, -0.05) is 122 Å². The van der Waals surface area contributed by atoms with E-state index in [2.05, 4.69) is 37.3 Å². The van der Waals surface area contributed by atoms with E-state index in [0.29, 0.717) is 5.70 Å². The molecule has 0 aliphatic carbocycles. The van der Waals surface area contributed by atoms with E-state index in [4.69, 9.17) is 0 Å². The summed E-state index contributed by atoms with van der Waals surface area (Å²) >= 11 is 0. The van der Waals surface area contributed by atoms with E-state index in [1.807, 2.05) is 91.9 Å². The van der Waals surface area contributed by atoms with Crippen LogP contribution in [0.1, 0.15) is 29.2 Å². The second-order valence-corrected chi connectivity index (χ2v) is 11.3. The van der Waals surface area contributed by atoms with Crippen molar-refractivity contribution < 1.29 is 8.42 Å². The van der Waals surface area contributed by atoms with E-state index in [0.717, 1.165) is 27.8 Å². The van der Waals surface area contributed by atoms with Gasteiger partial charge >= 0.3 is 0 Å². The molecular formula is C32H29NO2S. The smallest absolute Gasteiger partial charge is 0.264 e. The SMILES string of the molecule is Cc1ccc(S(=O)(=O)N2C[C@@](C)(c3ccccc3)C=C(c3ccccc3)C=C2c2ccccc2)cc1. The summed E-state index contributed by atoms with van der Waals surface area (Å²) in [6.07, 6.45) is 4.23. The highest BCUT2D eigenvalue weighted by molar-refractivity contribution is 7.89. The van der Waals surface area contributed by atoms with Crippen LogP contribution in [0, 0.1) is 6.92 Å². The summed E-state index contributed by atoms with van der Waals surface area (Å²) in [5.74, 6) is 0. The lowest BCUT2D eigenvalue weighted by Gasteiger charge is -2.34. The van der Waals surface area contributed by atoms with Crippen molar-refractivity contribution >= 4 is 21.3 Å². The van der Waals surface area contributed by atoms with E-state index < -0.39 is 15.4 Å². The molecule has 180 valence electrons. The number of allylic oxidation sites excluding steroid dienone is 2. The molecule has 0 unspecified atom stereocenters. The monoisotopic (exact) mass is 491 g/mol. The molecule has 3 nitrogen and oxygen atoms in total. The van der Waals surface area contributed by atoms with Crippen molar-refractivity contribution in [3.05, 3.63) is 150 Å². The van der Waals surface area contributed by atoms with Gasteiger partial charge in [0.2, 0.25) is 0 Å². The summed E-state index contributed by atoms with van der Waals surface area (Å²) in [5, 5.41) is 0. The number of rotatable bonds is 5. The summed E-state index contributed by atoms with van der Waals surface area (Å²) in [4.78, 5) is 0.286. The molecule has 36 heavy (non-hydrogen) atoms. The maximum Gasteiger partial charge on any atom is 0.264 e. The Morgan fingerprint density at radius 3 is 1.81 bits per heavy atom. The summed E-state index contributed by atoms with van der Waals surface area (Å²) in [6, 6.07) is 37.2. The fourth-order valence-corrected chi connectivity index (χ4v) is 6.30. The second-order valence-electron chi connectivity index (χ2n) is 9.47. The number of hydrogen-bond acceptors (Lipinski definition) is 2. The third-order valence-corrected chi connectivity index (χ3v) is 8.50.